The molecule has 9 heteroatoms. The first-order valence-electron chi connectivity index (χ1n) is 11.6. The number of nitrogens with zero attached hydrogens (tertiary/aromatic N) is 7. The summed E-state index contributed by atoms with van der Waals surface area (Å²) in [6, 6.07) is 10.7. The average molecular weight is 457 g/mol. The molecule has 34 heavy (non-hydrogen) atoms. The zero-order valence-electron chi connectivity index (χ0n) is 19.9. The van der Waals surface area contributed by atoms with Crippen LogP contribution in [0.5, 0.6) is 0 Å². The minimum atomic E-state index is -0.165. The smallest absolute Gasteiger partial charge is 0.250 e. The summed E-state index contributed by atoms with van der Waals surface area (Å²) < 4.78 is 1.57. The Hall–Kier alpha value is -3.77. The third-order valence-corrected chi connectivity index (χ3v) is 6.77. The Morgan fingerprint density at radius 3 is 2.82 bits per heavy atom. The molecule has 4 heterocycles. The highest BCUT2D eigenvalue weighted by Crippen LogP contribution is 2.32. The van der Waals surface area contributed by atoms with Gasteiger partial charge in [0.05, 0.1) is 40.2 Å². The van der Waals surface area contributed by atoms with Crippen molar-refractivity contribution in [2.24, 2.45) is 0 Å². The normalized spacial score (nSPS) is 20.0. The molecule has 1 N–H and O–H groups in total. The van der Waals surface area contributed by atoms with Crippen LogP contribution >= 0.6 is 0 Å². The molecule has 5 rings (SSSR count). The van der Waals surface area contributed by atoms with E-state index in [9.17, 15) is 4.79 Å². The van der Waals surface area contributed by atoms with E-state index in [2.05, 4.69) is 68.8 Å². The Bertz CT molecular complexity index is 1470. The van der Waals surface area contributed by atoms with Crippen LogP contribution in [0.4, 0.5) is 5.69 Å². The maximum absolute atomic E-state index is 12.4. The van der Waals surface area contributed by atoms with E-state index in [-0.39, 0.29) is 30.2 Å². The number of H-pyrrole nitrogens is 1. The van der Waals surface area contributed by atoms with Crippen LogP contribution in [-0.4, -0.2) is 54.8 Å². The lowest BCUT2D eigenvalue weighted by Crippen LogP contribution is -2.57. The molecule has 0 spiro atoms. The molecule has 9 nitrogen and oxygen atoms in total. The van der Waals surface area contributed by atoms with Crippen molar-refractivity contribution in [3.05, 3.63) is 58.3 Å². The van der Waals surface area contributed by atoms with Gasteiger partial charge in [-0.1, -0.05) is 6.07 Å². The second-order valence-electron chi connectivity index (χ2n) is 9.25. The van der Waals surface area contributed by atoms with Crippen molar-refractivity contribution in [1.82, 2.24) is 29.6 Å². The molecule has 0 radical (unpaired) electrons. The fourth-order valence-corrected chi connectivity index (χ4v) is 5.04. The molecule has 174 valence electrons. The van der Waals surface area contributed by atoms with Gasteiger partial charge in [0.25, 0.3) is 5.56 Å². The number of aromatic nitrogens is 5. The number of rotatable bonds is 4. The summed E-state index contributed by atoms with van der Waals surface area (Å²) in [5.41, 5.74) is 5.98. The lowest BCUT2D eigenvalue weighted by atomic mass is 10.00. The summed E-state index contributed by atoms with van der Waals surface area (Å²) in [5.74, 6) is 0. The summed E-state index contributed by atoms with van der Waals surface area (Å²) in [6.07, 6.45) is 3.52. The third-order valence-electron chi connectivity index (χ3n) is 6.77. The van der Waals surface area contributed by atoms with Gasteiger partial charge in [-0.2, -0.15) is 10.4 Å². The molecule has 0 amide bonds. The molecular weight excluding hydrogens is 428 g/mol. The lowest BCUT2D eigenvalue weighted by Gasteiger charge is -2.47. The number of hydrogen-bond donors (Lipinski definition) is 1. The number of piperazine rings is 1. The van der Waals surface area contributed by atoms with Crippen LogP contribution in [0.2, 0.25) is 0 Å². The molecule has 4 aromatic rings. The Labute approximate surface area is 197 Å². The van der Waals surface area contributed by atoms with Crippen molar-refractivity contribution >= 4 is 27.8 Å². The van der Waals surface area contributed by atoms with Gasteiger partial charge in [0.1, 0.15) is 12.1 Å². The first-order valence-corrected chi connectivity index (χ1v) is 11.6. The van der Waals surface area contributed by atoms with Crippen LogP contribution in [0.1, 0.15) is 38.1 Å². The monoisotopic (exact) mass is 456 g/mol. The molecule has 3 atom stereocenters. The van der Waals surface area contributed by atoms with E-state index in [1.165, 1.54) is 5.56 Å². The fourth-order valence-electron chi connectivity index (χ4n) is 5.04. The Morgan fingerprint density at radius 1 is 1.21 bits per heavy atom. The third kappa shape index (κ3) is 3.90. The second-order valence-corrected chi connectivity index (χ2v) is 9.25. The molecular formula is C25H28N8O. The quantitative estimate of drug-likeness (QED) is 0.503. The van der Waals surface area contributed by atoms with Gasteiger partial charge < -0.3 is 9.88 Å². The maximum Gasteiger partial charge on any atom is 0.250 e. The first kappa shape index (κ1) is 22.0. The number of anilines is 1. The van der Waals surface area contributed by atoms with E-state index in [1.54, 1.807) is 23.1 Å². The maximum atomic E-state index is 12.4. The molecule has 0 aliphatic carbocycles. The van der Waals surface area contributed by atoms with E-state index in [1.807, 2.05) is 13.0 Å². The van der Waals surface area contributed by atoms with E-state index in [0.29, 0.717) is 5.52 Å². The molecule has 1 aliphatic rings. The zero-order valence-corrected chi connectivity index (χ0v) is 19.9. The van der Waals surface area contributed by atoms with Crippen LogP contribution in [0, 0.1) is 18.3 Å². The Morgan fingerprint density at radius 2 is 2.03 bits per heavy atom. The van der Waals surface area contributed by atoms with Crippen LogP contribution < -0.4 is 10.5 Å². The number of aromatic amines is 1. The number of aryl methyl sites for hydroxylation is 1. The van der Waals surface area contributed by atoms with E-state index in [4.69, 9.17) is 5.26 Å². The average Bonchev–Trinajstić information content (AvgIpc) is 3.21. The highest BCUT2D eigenvalue weighted by molar-refractivity contribution is 5.87. The fraction of sp³-hybridized carbons (Fsp3) is 0.400. The summed E-state index contributed by atoms with van der Waals surface area (Å²) in [7, 11) is 0. The van der Waals surface area contributed by atoms with Gasteiger partial charge in [0.15, 0.2) is 0 Å². The summed E-state index contributed by atoms with van der Waals surface area (Å²) in [5, 5.41) is 13.6. The predicted octanol–water partition coefficient (Wildman–Crippen LogP) is 3.16. The van der Waals surface area contributed by atoms with Crippen molar-refractivity contribution < 1.29 is 0 Å². The first-order chi connectivity index (χ1) is 16.3. The molecule has 1 aliphatic heterocycles. The van der Waals surface area contributed by atoms with Crippen LogP contribution in [-0.2, 0) is 6.54 Å². The van der Waals surface area contributed by atoms with Crippen LogP contribution in [0.15, 0.2) is 41.5 Å². The topological polar surface area (TPSA) is 107 Å². The highest BCUT2D eigenvalue weighted by Gasteiger charge is 2.33. The predicted molar refractivity (Wildman–Crippen MR) is 132 cm³/mol. The van der Waals surface area contributed by atoms with E-state index in [0.717, 1.165) is 41.0 Å². The summed E-state index contributed by atoms with van der Waals surface area (Å²) >= 11 is 0. The van der Waals surface area contributed by atoms with Crippen molar-refractivity contribution in [3.63, 3.8) is 0 Å². The summed E-state index contributed by atoms with van der Waals surface area (Å²) in [6.45, 7) is 10.3. The minimum Gasteiger partial charge on any atom is -0.364 e. The molecule has 1 aromatic carbocycles. The highest BCUT2D eigenvalue weighted by atomic mass is 16.1. The lowest BCUT2D eigenvalue weighted by molar-refractivity contribution is 0.119. The zero-order chi connectivity index (χ0) is 24.0. The number of pyridine rings is 1. The van der Waals surface area contributed by atoms with Gasteiger partial charge in [0.2, 0.25) is 0 Å². The number of nitriles is 1. The molecule has 0 saturated carbocycles. The van der Waals surface area contributed by atoms with Crippen molar-refractivity contribution in [2.75, 3.05) is 18.0 Å². The SMILES string of the molecule is Cc1cnc2ccc([C@H](C)N3C[C@H](C)N(c4cc(=O)[nH]c5cn(CC#N)nc45)C[C@H]3C)cc2n1. The molecule has 1 fully saturated rings. The van der Waals surface area contributed by atoms with Crippen LogP contribution in [0.25, 0.3) is 22.1 Å². The van der Waals surface area contributed by atoms with Gasteiger partial charge in [-0.25, -0.2) is 4.98 Å². The number of benzene rings is 1. The van der Waals surface area contributed by atoms with Gasteiger partial charge in [-0.05, 0) is 45.4 Å². The van der Waals surface area contributed by atoms with Gasteiger partial charge in [-0.15, -0.1) is 0 Å². The van der Waals surface area contributed by atoms with Gasteiger partial charge >= 0.3 is 0 Å². The van der Waals surface area contributed by atoms with Crippen molar-refractivity contribution in [2.45, 2.75) is 52.4 Å². The van der Waals surface area contributed by atoms with E-state index < -0.39 is 0 Å². The number of nitrogens with one attached hydrogen (secondary N) is 1. The second kappa shape index (κ2) is 8.54. The van der Waals surface area contributed by atoms with Crippen molar-refractivity contribution in [3.8, 4) is 6.07 Å². The standard InChI is InChI=1S/C25H28N8O/c1-15-11-27-20-6-5-19(9-21(20)28-15)18(4)32-12-17(3)33(13-16(32)2)23-10-24(34)29-22-14-31(8-7-26)30-25(22)23/h5-6,9-11,14,16-18H,8,12-13H2,1-4H3,(H,29,34)/t16-,17+,18+/m1/s1. The molecule has 0 unspecified atom stereocenters. The largest absolute Gasteiger partial charge is 0.364 e. The molecule has 0 bridgehead atoms. The number of hydrogen-bond acceptors (Lipinski definition) is 7. The van der Waals surface area contributed by atoms with Gasteiger partial charge in [0, 0.05) is 43.5 Å². The van der Waals surface area contributed by atoms with E-state index >= 15 is 0 Å². The minimum absolute atomic E-state index is 0.142. The van der Waals surface area contributed by atoms with Crippen molar-refractivity contribution in [1.29, 1.82) is 5.26 Å². The number of fused-ring (bicyclic) bond motifs is 2. The van der Waals surface area contributed by atoms with Crippen LogP contribution in [0.3, 0.4) is 0 Å². The molecule has 1 saturated heterocycles. The molecule has 3 aromatic heterocycles. The van der Waals surface area contributed by atoms with Gasteiger partial charge in [-0.3, -0.25) is 19.4 Å². The summed E-state index contributed by atoms with van der Waals surface area (Å²) in [4.78, 5) is 29.1. The Balaban J connectivity index is 1.43. The Kier molecular flexibility index (Phi) is 5.54.